The molecule has 26 heavy (non-hydrogen) atoms. The molecule has 2 N–H and O–H groups in total. The fourth-order valence-corrected chi connectivity index (χ4v) is 4.12. The first-order chi connectivity index (χ1) is 12.8. The summed E-state index contributed by atoms with van der Waals surface area (Å²) in [5, 5.41) is 11.8. The van der Waals surface area contributed by atoms with Crippen LogP contribution in [0.15, 0.2) is 35.1 Å². The number of nitrogens with zero attached hydrogens (tertiary/aromatic N) is 2. The van der Waals surface area contributed by atoms with Gasteiger partial charge in [0.05, 0.1) is 18.7 Å². The zero-order chi connectivity index (χ0) is 17.5. The van der Waals surface area contributed by atoms with Crippen LogP contribution >= 0.6 is 0 Å². The van der Waals surface area contributed by atoms with Crippen LogP contribution in [0.5, 0.6) is 0 Å². The standard InChI is InChI=1S/C20H22N4O2/c25-20(22-19-5-7-24(23-19)16-4-6-21-11-16)10-15-12-26-18-9-14-3-1-2-13(14)8-17(15)18/h5,7-9,12,16,21H,1-4,6,10-11H2,(H,22,23,25). The minimum absolute atomic E-state index is 0.0667. The molecule has 6 nitrogen and oxygen atoms in total. The quantitative estimate of drug-likeness (QED) is 0.759. The molecule has 134 valence electrons. The Morgan fingerprint density at radius 3 is 3.08 bits per heavy atom. The number of furan rings is 1. The normalized spacial score (nSPS) is 19.2. The molecule has 1 aromatic carbocycles. The lowest BCUT2D eigenvalue weighted by atomic mass is 10.0. The minimum Gasteiger partial charge on any atom is -0.464 e. The smallest absolute Gasteiger partial charge is 0.230 e. The number of rotatable bonds is 4. The van der Waals surface area contributed by atoms with Crippen LogP contribution in [-0.2, 0) is 24.1 Å². The van der Waals surface area contributed by atoms with E-state index in [1.54, 1.807) is 6.26 Å². The third-order valence-electron chi connectivity index (χ3n) is 5.50. The summed E-state index contributed by atoms with van der Waals surface area (Å²) in [4.78, 5) is 12.5. The van der Waals surface area contributed by atoms with Crippen LogP contribution in [0, 0.1) is 0 Å². The van der Waals surface area contributed by atoms with Crippen LogP contribution in [-0.4, -0.2) is 28.8 Å². The number of aryl methyl sites for hydroxylation is 2. The van der Waals surface area contributed by atoms with E-state index in [0.29, 0.717) is 18.3 Å². The molecule has 1 aliphatic carbocycles. The van der Waals surface area contributed by atoms with E-state index < -0.39 is 0 Å². The molecule has 3 aromatic rings. The summed E-state index contributed by atoms with van der Waals surface area (Å²) in [5.74, 6) is 0.540. The molecule has 1 atom stereocenters. The van der Waals surface area contributed by atoms with Gasteiger partial charge in [-0.25, -0.2) is 0 Å². The van der Waals surface area contributed by atoms with Crippen LogP contribution in [0.1, 0.15) is 35.6 Å². The van der Waals surface area contributed by atoms with Gasteiger partial charge in [-0.15, -0.1) is 0 Å². The van der Waals surface area contributed by atoms with Crippen molar-refractivity contribution in [3.05, 3.63) is 47.3 Å². The highest BCUT2D eigenvalue weighted by Gasteiger charge is 2.19. The molecule has 1 fully saturated rings. The number of benzene rings is 1. The summed E-state index contributed by atoms with van der Waals surface area (Å²) in [6, 6.07) is 6.57. The van der Waals surface area contributed by atoms with E-state index in [1.165, 1.54) is 17.5 Å². The molecule has 2 aliphatic rings. The zero-order valence-electron chi connectivity index (χ0n) is 14.6. The first-order valence-electron chi connectivity index (χ1n) is 9.34. The molecule has 3 heterocycles. The van der Waals surface area contributed by atoms with Crippen LogP contribution in [0.3, 0.4) is 0 Å². The van der Waals surface area contributed by atoms with Crippen LogP contribution < -0.4 is 10.6 Å². The Morgan fingerprint density at radius 2 is 2.23 bits per heavy atom. The van der Waals surface area contributed by atoms with Gasteiger partial charge in [-0.05, 0) is 55.5 Å². The monoisotopic (exact) mass is 350 g/mol. The third kappa shape index (κ3) is 2.80. The molecule has 1 saturated heterocycles. The minimum atomic E-state index is -0.0667. The van der Waals surface area contributed by atoms with Crippen molar-refractivity contribution < 1.29 is 9.21 Å². The molecule has 6 heteroatoms. The summed E-state index contributed by atoms with van der Waals surface area (Å²) in [7, 11) is 0. The van der Waals surface area contributed by atoms with Gasteiger partial charge in [0.2, 0.25) is 5.91 Å². The van der Waals surface area contributed by atoms with Crippen molar-refractivity contribution in [3.8, 4) is 0 Å². The van der Waals surface area contributed by atoms with Crippen molar-refractivity contribution in [1.82, 2.24) is 15.1 Å². The van der Waals surface area contributed by atoms with Crippen LogP contribution in [0.2, 0.25) is 0 Å². The average Bonchev–Trinajstić information content (AvgIpc) is 3.41. The van der Waals surface area contributed by atoms with Crippen molar-refractivity contribution in [2.24, 2.45) is 0 Å². The molecule has 1 amide bonds. The van der Waals surface area contributed by atoms with Gasteiger partial charge >= 0.3 is 0 Å². The Bertz CT molecular complexity index is 966. The molecule has 0 bridgehead atoms. The molecule has 0 spiro atoms. The maximum atomic E-state index is 12.5. The first-order valence-corrected chi connectivity index (χ1v) is 9.34. The van der Waals surface area contributed by atoms with Gasteiger partial charge in [0, 0.05) is 29.8 Å². The SMILES string of the molecule is O=C(Cc1coc2cc3c(cc12)CCC3)Nc1ccn(C2CCNC2)n1. The van der Waals surface area contributed by atoms with Crippen molar-refractivity contribution in [2.75, 3.05) is 18.4 Å². The summed E-state index contributed by atoms with van der Waals surface area (Å²) in [6.07, 6.45) is 8.46. The van der Waals surface area contributed by atoms with Crippen molar-refractivity contribution in [2.45, 2.75) is 38.1 Å². The number of hydrogen-bond acceptors (Lipinski definition) is 4. The van der Waals surface area contributed by atoms with Crippen LogP contribution in [0.25, 0.3) is 11.0 Å². The maximum Gasteiger partial charge on any atom is 0.230 e. The lowest BCUT2D eigenvalue weighted by Gasteiger charge is -2.08. The third-order valence-corrected chi connectivity index (χ3v) is 5.50. The Balaban J connectivity index is 1.30. The Labute approximate surface area is 151 Å². The van der Waals surface area contributed by atoms with Crippen LogP contribution in [0.4, 0.5) is 5.82 Å². The van der Waals surface area contributed by atoms with Gasteiger partial charge < -0.3 is 15.1 Å². The first kappa shape index (κ1) is 15.6. The average molecular weight is 350 g/mol. The Hall–Kier alpha value is -2.60. The number of hydrogen-bond donors (Lipinski definition) is 2. The number of fused-ring (bicyclic) bond motifs is 2. The fraction of sp³-hybridized carbons (Fsp3) is 0.400. The van der Waals surface area contributed by atoms with Gasteiger partial charge in [-0.2, -0.15) is 5.10 Å². The summed E-state index contributed by atoms with van der Waals surface area (Å²) >= 11 is 0. The molecule has 0 saturated carbocycles. The second-order valence-corrected chi connectivity index (χ2v) is 7.28. The summed E-state index contributed by atoms with van der Waals surface area (Å²) in [6.45, 7) is 1.95. The fourth-order valence-electron chi connectivity index (χ4n) is 4.12. The van der Waals surface area contributed by atoms with E-state index in [1.807, 2.05) is 16.9 Å². The van der Waals surface area contributed by atoms with Gasteiger partial charge in [0.1, 0.15) is 5.58 Å². The van der Waals surface area contributed by atoms with Crippen molar-refractivity contribution >= 4 is 22.7 Å². The largest absolute Gasteiger partial charge is 0.464 e. The second-order valence-electron chi connectivity index (χ2n) is 7.28. The number of carbonyl (C=O) groups excluding carboxylic acids is 1. The van der Waals surface area contributed by atoms with Crippen molar-refractivity contribution in [3.63, 3.8) is 0 Å². The van der Waals surface area contributed by atoms with Crippen molar-refractivity contribution in [1.29, 1.82) is 0 Å². The molecule has 0 radical (unpaired) electrons. The van der Waals surface area contributed by atoms with Gasteiger partial charge in [0.25, 0.3) is 0 Å². The molecule has 2 aromatic heterocycles. The number of aromatic nitrogens is 2. The topological polar surface area (TPSA) is 72.1 Å². The maximum absolute atomic E-state index is 12.5. The summed E-state index contributed by atoms with van der Waals surface area (Å²) < 4.78 is 7.63. The molecular formula is C20H22N4O2. The lowest BCUT2D eigenvalue weighted by Crippen LogP contribution is -2.16. The second kappa shape index (κ2) is 6.29. The van der Waals surface area contributed by atoms with E-state index in [9.17, 15) is 4.79 Å². The predicted molar refractivity (Wildman–Crippen MR) is 99.3 cm³/mol. The number of carbonyl (C=O) groups is 1. The van der Waals surface area contributed by atoms with Gasteiger partial charge in [0.15, 0.2) is 5.82 Å². The number of anilines is 1. The summed E-state index contributed by atoms with van der Waals surface area (Å²) in [5.41, 5.74) is 4.59. The van der Waals surface area contributed by atoms with E-state index in [0.717, 1.165) is 48.9 Å². The predicted octanol–water partition coefficient (Wildman–Crippen LogP) is 2.83. The van der Waals surface area contributed by atoms with E-state index >= 15 is 0 Å². The molecule has 1 unspecified atom stereocenters. The number of amides is 1. The molecule has 1 aliphatic heterocycles. The van der Waals surface area contributed by atoms with E-state index in [-0.39, 0.29) is 5.91 Å². The van der Waals surface area contributed by atoms with Gasteiger partial charge in [-0.1, -0.05) is 0 Å². The van der Waals surface area contributed by atoms with E-state index in [4.69, 9.17) is 4.42 Å². The Morgan fingerprint density at radius 1 is 1.35 bits per heavy atom. The zero-order valence-corrected chi connectivity index (χ0v) is 14.6. The molecule has 5 rings (SSSR count). The highest BCUT2D eigenvalue weighted by molar-refractivity contribution is 5.95. The van der Waals surface area contributed by atoms with E-state index in [2.05, 4.69) is 27.9 Å². The van der Waals surface area contributed by atoms with Gasteiger partial charge in [-0.3, -0.25) is 9.48 Å². The Kier molecular flexibility index (Phi) is 3.78. The highest BCUT2D eigenvalue weighted by Crippen LogP contribution is 2.30. The number of nitrogens with one attached hydrogen (secondary N) is 2. The highest BCUT2D eigenvalue weighted by atomic mass is 16.3. The molecular weight excluding hydrogens is 328 g/mol. The lowest BCUT2D eigenvalue weighted by molar-refractivity contribution is -0.115.